The third-order valence-corrected chi connectivity index (χ3v) is 4.07. The minimum absolute atomic E-state index is 0.159. The monoisotopic (exact) mass is 254 g/mol. The van der Waals surface area contributed by atoms with E-state index in [9.17, 15) is 4.79 Å². The van der Waals surface area contributed by atoms with Gasteiger partial charge in [-0.05, 0) is 19.8 Å². The molecule has 0 amide bonds. The first-order valence-corrected chi connectivity index (χ1v) is 7.90. The summed E-state index contributed by atoms with van der Waals surface area (Å²) in [6, 6.07) is 0. The second kappa shape index (κ2) is 9.55. The van der Waals surface area contributed by atoms with Gasteiger partial charge in [0.2, 0.25) is 0 Å². The van der Waals surface area contributed by atoms with Crippen molar-refractivity contribution in [2.75, 3.05) is 6.61 Å². The molecule has 2 nitrogen and oxygen atoms in total. The molecule has 0 radical (unpaired) electrons. The average molecular weight is 254 g/mol. The Morgan fingerprint density at radius 3 is 2.22 bits per heavy atom. The maximum absolute atomic E-state index is 11.9. The van der Waals surface area contributed by atoms with E-state index in [2.05, 4.69) is 6.92 Å². The van der Waals surface area contributed by atoms with Gasteiger partial charge in [0.05, 0.1) is 6.10 Å². The van der Waals surface area contributed by atoms with Gasteiger partial charge in [0.15, 0.2) is 0 Å². The van der Waals surface area contributed by atoms with E-state index in [-0.39, 0.29) is 12.0 Å². The first-order valence-electron chi connectivity index (χ1n) is 7.90. The molecule has 0 aromatic rings. The Hall–Kier alpha value is -0.370. The molecule has 2 atom stereocenters. The van der Waals surface area contributed by atoms with Crippen LogP contribution in [0.1, 0.15) is 78.1 Å². The van der Waals surface area contributed by atoms with Crippen LogP contribution >= 0.6 is 0 Å². The standard InChI is InChI=1S/C16H30O2/c1-3-4-5-6-7-8-9-10-11-16(17)15-12-13-18-14(15)2/h14-15H,3-13H2,1-2H3. The zero-order chi connectivity index (χ0) is 13.2. The van der Waals surface area contributed by atoms with E-state index in [1.165, 1.54) is 44.9 Å². The van der Waals surface area contributed by atoms with Gasteiger partial charge in [-0.15, -0.1) is 0 Å². The predicted octanol–water partition coefficient (Wildman–Crippen LogP) is 4.51. The third kappa shape index (κ3) is 5.99. The fraction of sp³-hybridized carbons (Fsp3) is 0.938. The van der Waals surface area contributed by atoms with E-state index in [0.29, 0.717) is 5.78 Å². The second-order valence-electron chi connectivity index (χ2n) is 5.66. The van der Waals surface area contributed by atoms with E-state index < -0.39 is 0 Å². The number of rotatable bonds is 10. The van der Waals surface area contributed by atoms with Crippen LogP contribution < -0.4 is 0 Å². The average Bonchev–Trinajstić information content (AvgIpc) is 2.79. The van der Waals surface area contributed by atoms with Crippen molar-refractivity contribution in [2.24, 2.45) is 5.92 Å². The van der Waals surface area contributed by atoms with Crippen LogP contribution in [0, 0.1) is 5.92 Å². The number of hydrogen-bond donors (Lipinski definition) is 0. The highest BCUT2D eigenvalue weighted by Crippen LogP contribution is 2.23. The van der Waals surface area contributed by atoms with Crippen LogP contribution in [0.4, 0.5) is 0 Å². The summed E-state index contributed by atoms with van der Waals surface area (Å²) in [7, 11) is 0. The molecule has 0 N–H and O–H groups in total. The highest BCUT2D eigenvalue weighted by molar-refractivity contribution is 5.81. The Labute approximate surface area is 112 Å². The van der Waals surface area contributed by atoms with Gasteiger partial charge in [-0.2, -0.15) is 0 Å². The van der Waals surface area contributed by atoms with Gasteiger partial charge in [0.25, 0.3) is 0 Å². The van der Waals surface area contributed by atoms with Crippen molar-refractivity contribution in [3.05, 3.63) is 0 Å². The number of unbranched alkanes of at least 4 members (excludes halogenated alkanes) is 7. The minimum Gasteiger partial charge on any atom is -0.378 e. The Morgan fingerprint density at radius 2 is 1.67 bits per heavy atom. The Kier molecular flexibility index (Phi) is 8.32. The van der Waals surface area contributed by atoms with Gasteiger partial charge in [0.1, 0.15) is 5.78 Å². The molecule has 1 rings (SSSR count). The smallest absolute Gasteiger partial charge is 0.138 e. The lowest BCUT2D eigenvalue weighted by Gasteiger charge is -2.12. The molecular formula is C16H30O2. The molecule has 2 unspecified atom stereocenters. The van der Waals surface area contributed by atoms with Crippen molar-refractivity contribution >= 4 is 5.78 Å². The summed E-state index contributed by atoms with van der Waals surface area (Å²) in [5, 5.41) is 0. The van der Waals surface area contributed by atoms with E-state index in [1.54, 1.807) is 0 Å². The predicted molar refractivity (Wildman–Crippen MR) is 75.8 cm³/mol. The molecule has 1 saturated heterocycles. The molecular weight excluding hydrogens is 224 g/mol. The van der Waals surface area contributed by atoms with Crippen molar-refractivity contribution in [3.63, 3.8) is 0 Å². The van der Waals surface area contributed by atoms with Gasteiger partial charge in [-0.25, -0.2) is 0 Å². The van der Waals surface area contributed by atoms with Gasteiger partial charge in [-0.3, -0.25) is 4.79 Å². The number of ether oxygens (including phenoxy) is 1. The molecule has 0 spiro atoms. The van der Waals surface area contributed by atoms with Crippen LogP contribution in [0.25, 0.3) is 0 Å². The fourth-order valence-electron chi connectivity index (χ4n) is 2.77. The van der Waals surface area contributed by atoms with Gasteiger partial charge < -0.3 is 4.74 Å². The SMILES string of the molecule is CCCCCCCCCCC(=O)C1CCOC1C. The number of carbonyl (C=O) groups is 1. The van der Waals surface area contributed by atoms with Crippen LogP contribution in [0.15, 0.2) is 0 Å². The zero-order valence-corrected chi connectivity index (χ0v) is 12.2. The Bertz CT molecular complexity index is 225. The van der Waals surface area contributed by atoms with Crippen LogP contribution in [0.5, 0.6) is 0 Å². The largest absolute Gasteiger partial charge is 0.378 e. The van der Waals surface area contributed by atoms with Gasteiger partial charge in [0, 0.05) is 18.9 Å². The molecule has 106 valence electrons. The molecule has 0 aromatic carbocycles. The number of carbonyl (C=O) groups excluding carboxylic acids is 1. The Morgan fingerprint density at radius 1 is 1.06 bits per heavy atom. The van der Waals surface area contributed by atoms with Crippen molar-refractivity contribution in [1.29, 1.82) is 0 Å². The fourth-order valence-corrected chi connectivity index (χ4v) is 2.77. The maximum atomic E-state index is 11.9. The van der Waals surface area contributed by atoms with E-state index in [1.807, 2.05) is 6.92 Å². The first-order chi connectivity index (χ1) is 8.75. The summed E-state index contributed by atoms with van der Waals surface area (Å²) in [6.45, 7) is 5.05. The highest BCUT2D eigenvalue weighted by atomic mass is 16.5. The van der Waals surface area contributed by atoms with Crippen molar-refractivity contribution in [1.82, 2.24) is 0 Å². The van der Waals surface area contributed by atoms with Crippen LogP contribution in [0.3, 0.4) is 0 Å². The summed E-state index contributed by atoms with van der Waals surface area (Å²) >= 11 is 0. The number of hydrogen-bond acceptors (Lipinski definition) is 2. The summed E-state index contributed by atoms with van der Waals surface area (Å²) < 4.78 is 5.45. The number of ketones is 1. The van der Waals surface area contributed by atoms with Crippen LogP contribution in [-0.4, -0.2) is 18.5 Å². The van der Waals surface area contributed by atoms with Crippen LogP contribution in [0.2, 0.25) is 0 Å². The topological polar surface area (TPSA) is 26.3 Å². The molecule has 1 aliphatic heterocycles. The zero-order valence-electron chi connectivity index (χ0n) is 12.2. The highest BCUT2D eigenvalue weighted by Gasteiger charge is 2.29. The van der Waals surface area contributed by atoms with E-state index >= 15 is 0 Å². The van der Waals surface area contributed by atoms with Gasteiger partial charge >= 0.3 is 0 Å². The lowest BCUT2D eigenvalue weighted by atomic mass is 9.93. The van der Waals surface area contributed by atoms with Crippen molar-refractivity contribution in [2.45, 2.75) is 84.2 Å². The normalized spacial score (nSPS) is 23.4. The van der Waals surface area contributed by atoms with E-state index in [0.717, 1.165) is 25.9 Å². The molecule has 0 saturated carbocycles. The van der Waals surface area contributed by atoms with Crippen molar-refractivity contribution in [3.8, 4) is 0 Å². The first kappa shape index (κ1) is 15.7. The van der Waals surface area contributed by atoms with Crippen LogP contribution in [-0.2, 0) is 9.53 Å². The second-order valence-corrected chi connectivity index (χ2v) is 5.66. The molecule has 18 heavy (non-hydrogen) atoms. The molecule has 1 heterocycles. The summed E-state index contributed by atoms with van der Waals surface area (Å²) in [5.41, 5.74) is 0. The summed E-state index contributed by atoms with van der Waals surface area (Å²) in [5.74, 6) is 0.625. The summed E-state index contributed by atoms with van der Waals surface area (Å²) in [4.78, 5) is 11.9. The summed E-state index contributed by atoms with van der Waals surface area (Å²) in [6.07, 6.45) is 12.3. The molecule has 2 heteroatoms. The molecule has 0 aromatic heterocycles. The molecule has 1 fully saturated rings. The molecule has 1 aliphatic rings. The lowest BCUT2D eigenvalue weighted by Crippen LogP contribution is -2.21. The number of Topliss-reactive ketones (excluding diaryl/α,β-unsaturated/α-hetero) is 1. The van der Waals surface area contributed by atoms with Crippen molar-refractivity contribution < 1.29 is 9.53 Å². The molecule has 0 aliphatic carbocycles. The van der Waals surface area contributed by atoms with Gasteiger partial charge in [-0.1, -0.05) is 51.9 Å². The third-order valence-electron chi connectivity index (χ3n) is 4.07. The maximum Gasteiger partial charge on any atom is 0.138 e. The lowest BCUT2D eigenvalue weighted by molar-refractivity contribution is -0.124. The van der Waals surface area contributed by atoms with E-state index in [4.69, 9.17) is 4.74 Å². The Balaban J connectivity index is 1.92. The minimum atomic E-state index is 0.159. The quantitative estimate of drug-likeness (QED) is 0.536. The molecule has 0 bridgehead atoms.